The van der Waals surface area contributed by atoms with Crippen LogP contribution < -0.4 is 10.0 Å². The molecule has 0 atom stereocenters. The van der Waals surface area contributed by atoms with Crippen molar-refractivity contribution < 1.29 is 9.52 Å². The van der Waals surface area contributed by atoms with E-state index in [0.717, 1.165) is 17.3 Å². The van der Waals surface area contributed by atoms with Gasteiger partial charge >= 0.3 is 0 Å². The molecule has 0 spiro atoms. The molecule has 22 heavy (non-hydrogen) atoms. The van der Waals surface area contributed by atoms with Crippen LogP contribution in [0.1, 0.15) is 35.2 Å². The second-order valence-electron chi connectivity index (χ2n) is 5.77. The number of nitrogens with zero attached hydrogens (tertiary/aromatic N) is 1. The van der Waals surface area contributed by atoms with Crippen molar-refractivity contribution in [1.82, 2.24) is 5.32 Å². The fourth-order valence-electron chi connectivity index (χ4n) is 2.91. The molecule has 0 aliphatic heterocycles. The largest absolute Gasteiger partial charge is 0.619 e. The molecular formula is C17H17BrN2O2. The molecule has 0 radical (unpaired) electrons. The highest BCUT2D eigenvalue weighted by Gasteiger charge is 2.38. The second-order valence-corrected chi connectivity index (χ2v) is 6.69. The zero-order chi connectivity index (χ0) is 15.6. The first-order chi connectivity index (χ1) is 10.6. The fourth-order valence-corrected chi connectivity index (χ4v) is 3.30. The molecule has 1 aromatic carbocycles. The van der Waals surface area contributed by atoms with Gasteiger partial charge in [-0.1, -0.05) is 34.5 Å². The zero-order valence-electron chi connectivity index (χ0n) is 12.1. The number of pyridine rings is 1. The van der Waals surface area contributed by atoms with Crippen LogP contribution in [0.2, 0.25) is 0 Å². The lowest BCUT2D eigenvalue weighted by Crippen LogP contribution is -2.45. The van der Waals surface area contributed by atoms with E-state index in [-0.39, 0.29) is 11.3 Å². The van der Waals surface area contributed by atoms with Crippen molar-refractivity contribution in [2.24, 2.45) is 0 Å². The van der Waals surface area contributed by atoms with Crippen molar-refractivity contribution in [1.29, 1.82) is 0 Å². The van der Waals surface area contributed by atoms with E-state index < -0.39 is 0 Å². The first-order valence-corrected chi connectivity index (χ1v) is 8.11. The topological polar surface area (TPSA) is 56.0 Å². The molecule has 0 unspecified atom stereocenters. The number of rotatable bonds is 4. The van der Waals surface area contributed by atoms with Gasteiger partial charge in [0.15, 0.2) is 12.4 Å². The summed E-state index contributed by atoms with van der Waals surface area (Å²) in [6, 6.07) is 11.4. The Morgan fingerprint density at radius 2 is 2.00 bits per heavy atom. The molecular weight excluding hydrogens is 344 g/mol. The normalized spacial score (nSPS) is 15.9. The van der Waals surface area contributed by atoms with Gasteiger partial charge in [-0.25, -0.2) is 0 Å². The SMILES string of the molecule is O=C(NCC1(c2cccc(Br)c2)CCC1)c1cc[n+]([O-])cc1. The van der Waals surface area contributed by atoms with Crippen LogP contribution in [0, 0.1) is 5.21 Å². The van der Waals surface area contributed by atoms with Crippen LogP contribution in [-0.2, 0) is 5.41 Å². The third-order valence-electron chi connectivity index (χ3n) is 4.40. The highest BCUT2D eigenvalue weighted by Crippen LogP contribution is 2.43. The smallest absolute Gasteiger partial charge is 0.251 e. The number of amides is 1. The van der Waals surface area contributed by atoms with Crippen LogP contribution in [-0.4, -0.2) is 12.5 Å². The maximum Gasteiger partial charge on any atom is 0.251 e. The summed E-state index contributed by atoms with van der Waals surface area (Å²) in [7, 11) is 0. The first-order valence-electron chi connectivity index (χ1n) is 7.32. The monoisotopic (exact) mass is 360 g/mol. The van der Waals surface area contributed by atoms with Crippen molar-refractivity contribution in [3.05, 3.63) is 69.6 Å². The maximum absolute atomic E-state index is 12.2. The van der Waals surface area contributed by atoms with E-state index in [4.69, 9.17) is 0 Å². The van der Waals surface area contributed by atoms with E-state index in [1.807, 2.05) is 12.1 Å². The Morgan fingerprint density at radius 1 is 1.27 bits per heavy atom. The van der Waals surface area contributed by atoms with E-state index in [9.17, 15) is 10.0 Å². The second kappa shape index (κ2) is 6.08. The van der Waals surface area contributed by atoms with E-state index in [0.29, 0.717) is 16.8 Å². The van der Waals surface area contributed by atoms with Gasteiger partial charge in [0.1, 0.15) is 0 Å². The summed E-state index contributed by atoms with van der Waals surface area (Å²) in [5, 5.41) is 14.0. The molecule has 2 aromatic rings. The molecule has 1 heterocycles. The lowest BCUT2D eigenvalue weighted by molar-refractivity contribution is -0.605. The molecule has 5 heteroatoms. The maximum atomic E-state index is 12.2. The van der Waals surface area contributed by atoms with Gasteiger partial charge in [-0.3, -0.25) is 4.79 Å². The third kappa shape index (κ3) is 2.99. The van der Waals surface area contributed by atoms with Crippen molar-refractivity contribution in [3.63, 3.8) is 0 Å². The molecule has 114 valence electrons. The molecule has 1 N–H and O–H groups in total. The Bertz CT molecular complexity index is 681. The molecule has 1 aliphatic rings. The van der Waals surface area contributed by atoms with Crippen molar-refractivity contribution >= 4 is 21.8 Å². The molecule has 0 saturated heterocycles. The van der Waals surface area contributed by atoms with Crippen LogP contribution in [0.3, 0.4) is 0 Å². The van der Waals surface area contributed by atoms with Gasteiger partial charge in [-0.2, -0.15) is 4.73 Å². The minimum Gasteiger partial charge on any atom is -0.619 e. The minimum atomic E-state index is -0.137. The van der Waals surface area contributed by atoms with Gasteiger partial charge in [0, 0.05) is 28.6 Å². The summed E-state index contributed by atoms with van der Waals surface area (Å²) in [6.07, 6.45) is 6.02. The number of carbonyl (C=O) groups is 1. The summed E-state index contributed by atoms with van der Waals surface area (Å²) < 4.78 is 1.73. The van der Waals surface area contributed by atoms with E-state index >= 15 is 0 Å². The predicted molar refractivity (Wildman–Crippen MR) is 87.4 cm³/mol. The number of carbonyl (C=O) groups excluding carboxylic acids is 1. The zero-order valence-corrected chi connectivity index (χ0v) is 13.7. The van der Waals surface area contributed by atoms with Gasteiger partial charge in [0.25, 0.3) is 5.91 Å². The quantitative estimate of drug-likeness (QED) is 0.673. The molecule has 1 amide bonds. The summed E-state index contributed by atoms with van der Waals surface area (Å²) in [4.78, 5) is 12.2. The number of hydrogen-bond donors (Lipinski definition) is 1. The molecule has 1 saturated carbocycles. The lowest BCUT2D eigenvalue weighted by atomic mass is 9.64. The van der Waals surface area contributed by atoms with Crippen LogP contribution in [0.5, 0.6) is 0 Å². The highest BCUT2D eigenvalue weighted by atomic mass is 79.9. The van der Waals surface area contributed by atoms with E-state index in [1.165, 1.54) is 36.5 Å². The fraction of sp³-hybridized carbons (Fsp3) is 0.294. The van der Waals surface area contributed by atoms with Crippen LogP contribution in [0.4, 0.5) is 0 Å². The number of nitrogens with one attached hydrogen (secondary N) is 1. The molecule has 4 nitrogen and oxygen atoms in total. The molecule has 0 bridgehead atoms. The predicted octanol–water partition coefficient (Wildman–Crippen LogP) is 2.93. The van der Waals surface area contributed by atoms with Gasteiger partial charge in [0.05, 0.1) is 5.56 Å². The molecule has 1 aromatic heterocycles. The third-order valence-corrected chi connectivity index (χ3v) is 4.89. The van der Waals surface area contributed by atoms with Gasteiger partial charge in [-0.05, 0) is 30.5 Å². The summed E-state index contributed by atoms with van der Waals surface area (Å²) in [5.41, 5.74) is 1.81. The van der Waals surface area contributed by atoms with Crippen LogP contribution in [0.15, 0.2) is 53.3 Å². The lowest BCUT2D eigenvalue weighted by Gasteiger charge is -2.42. The van der Waals surface area contributed by atoms with Crippen molar-refractivity contribution in [3.8, 4) is 0 Å². The Balaban J connectivity index is 1.71. The average Bonchev–Trinajstić information content (AvgIpc) is 2.47. The molecule has 1 fully saturated rings. The Hall–Kier alpha value is -1.88. The van der Waals surface area contributed by atoms with Gasteiger partial charge in [0.2, 0.25) is 0 Å². The van der Waals surface area contributed by atoms with Crippen LogP contribution >= 0.6 is 15.9 Å². The van der Waals surface area contributed by atoms with Gasteiger partial charge < -0.3 is 10.5 Å². The summed E-state index contributed by atoms with van der Waals surface area (Å²) in [6.45, 7) is 0.620. The molecule has 3 rings (SSSR count). The first kappa shape index (κ1) is 15.0. The van der Waals surface area contributed by atoms with Gasteiger partial charge in [-0.15, -0.1) is 0 Å². The standard InChI is InChI=1S/C17H17BrN2O2/c18-15-4-1-3-14(11-15)17(7-2-8-17)12-19-16(21)13-5-9-20(22)10-6-13/h1,3-6,9-11H,2,7-8,12H2,(H,19,21). The van der Waals surface area contributed by atoms with Crippen LogP contribution in [0.25, 0.3) is 0 Å². The van der Waals surface area contributed by atoms with Crippen molar-refractivity contribution in [2.45, 2.75) is 24.7 Å². The highest BCUT2D eigenvalue weighted by molar-refractivity contribution is 9.10. The summed E-state index contributed by atoms with van der Waals surface area (Å²) in [5.74, 6) is -0.137. The Labute approximate surface area is 137 Å². The Morgan fingerprint density at radius 3 is 2.59 bits per heavy atom. The van der Waals surface area contributed by atoms with Crippen molar-refractivity contribution in [2.75, 3.05) is 6.54 Å². The Kier molecular flexibility index (Phi) is 4.16. The average molecular weight is 361 g/mol. The summed E-state index contributed by atoms with van der Waals surface area (Å²) >= 11 is 3.51. The number of hydrogen-bond acceptors (Lipinski definition) is 2. The van der Waals surface area contributed by atoms with E-state index in [1.54, 1.807) is 0 Å². The number of aromatic nitrogens is 1. The molecule has 1 aliphatic carbocycles. The van der Waals surface area contributed by atoms with E-state index in [2.05, 4.69) is 33.4 Å². The number of benzene rings is 1. The minimum absolute atomic E-state index is 0.0344. The number of halogens is 1.